The van der Waals surface area contributed by atoms with Crippen LogP contribution in [0.4, 0.5) is 0 Å². The average molecular weight is 317 g/mol. The smallest absolute Gasteiger partial charge is 0.269 e. The summed E-state index contributed by atoms with van der Waals surface area (Å²) in [4.78, 5) is 23.8. The highest BCUT2D eigenvalue weighted by molar-refractivity contribution is 6.30. The van der Waals surface area contributed by atoms with Gasteiger partial charge in [-0.15, -0.1) is 0 Å². The second kappa shape index (κ2) is 7.09. The van der Waals surface area contributed by atoms with Gasteiger partial charge in [0.15, 0.2) is 0 Å². The highest BCUT2D eigenvalue weighted by Crippen LogP contribution is 2.11. The predicted octanol–water partition coefficient (Wildman–Crippen LogP) is 2.96. The fourth-order valence-corrected chi connectivity index (χ4v) is 2.22. The van der Waals surface area contributed by atoms with Crippen LogP contribution in [0.2, 0.25) is 5.02 Å². The number of hydrogen-bond acceptors (Lipinski definition) is 2. The van der Waals surface area contributed by atoms with E-state index in [2.05, 4.69) is 10.9 Å². The fourth-order valence-electron chi connectivity index (χ4n) is 2.09. The van der Waals surface area contributed by atoms with Crippen LogP contribution < -0.4 is 10.9 Å². The maximum absolute atomic E-state index is 12.0. The summed E-state index contributed by atoms with van der Waals surface area (Å²) in [6.07, 6.45) is 0.171. The molecule has 0 bridgehead atoms. The molecule has 2 rings (SSSR count). The molecule has 0 radical (unpaired) electrons. The van der Waals surface area contributed by atoms with Crippen LogP contribution in [0.3, 0.4) is 0 Å². The van der Waals surface area contributed by atoms with Gasteiger partial charge in [0.05, 0.1) is 6.42 Å². The van der Waals surface area contributed by atoms with Gasteiger partial charge in [-0.1, -0.05) is 41.4 Å². The molecule has 2 aromatic carbocycles. The summed E-state index contributed by atoms with van der Waals surface area (Å²) in [5, 5.41) is 0.618. The third-order valence-corrected chi connectivity index (χ3v) is 3.47. The average Bonchev–Trinajstić information content (AvgIpc) is 2.47. The molecule has 0 aliphatic rings. The van der Waals surface area contributed by atoms with Crippen LogP contribution in [0.15, 0.2) is 42.5 Å². The van der Waals surface area contributed by atoms with E-state index in [4.69, 9.17) is 11.6 Å². The zero-order chi connectivity index (χ0) is 16.1. The molecule has 5 heteroatoms. The number of amides is 2. The molecular formula is C17H17ClN2O2. The van der Waals surface area contributed by atoms with Crippen molar-refractivity contribution >= 4 is 23.4 Å². The largest absolute Gasteiger partial charge is 0.273 e. The second-order valence-corrected chi connectivity index (χ2v) is 5.56. The zero-order valence-corrected chi connectivity index (χ0v) is 13.2. The van der Waals surface area contributed by atoms with E-state index in [-0.39, 0.29) is 18.2 Å². The van der Waals surface area contributed by atoms with Crippen molar-refractivity contribution in [1.82, 2.24) is 10.9 Å². The number of benzene rings is 2. The zero-order valence-electron chi connectivity index (χ0n) is 12.4. The number of hydrogen-bond donors (Lipinski definition) is 2. The monoisotopic (exact) mass is 316 g/mol. The molecule has 4 nitrogen and oxygen atoms in total. The molecule has 0 atom stereocenters. The maximum atomic E-state index is 12.0. The van der Waals surface area contributed by atoms with E-state index >= 15 is 0 Å². The molecule has 2 N–H and O–H groups in total. The number of carbonyl (C=O) groups excluding carboxylic acids is 2. The Bertz CT molecular complexity index is 696. The summed E-state index contributed by atoms with van der Waals surface area (Å²) in [5.74, 6) is -0.623. The third-order valence-electron chi connectivity index (χ3n) is 3.22. The van der Waals surface area contributed by atoms with Crippen molar-refractivity contribution in [3.8, 4) is 0 Å². The van der Waals surface area contributed by atoms with Gasteiger partial charge in [0.25, 0.3) is 5.91 Å². The molecule has 0 aliphatic carbocycles. The van der Waals surface area contributed by atoms with Gasteiger partial charge in [0.1, 0.15) is 0 Å². The van der Waals surface area contributed by atoms with Gasteiger partial charge >= 0.3 is 0 Å². The molecule has 2 amide bonds. The van der Waals surface area contributed by atoms with E-state index in [9.17, 15) is 9.59 Å². The third kappa shape index (κ3) is 4.33. The highest BCUT2D eigenvalue weighted by atomic mass is 35.5. The number of aryl methyl sites for hydroxylation is 2. The lowest BCUT2D eigenvalue weighted by atomic mass is 10.1. The van der Waals surface area contributed by atoms with Crippen molar-refractivity contribution in [2.75, 3.05) is 0 Å². The van der Waals surface area contributed by atoms with E-state index in [0.717, 1.165) is 16.7 Å². The second-order valence-electron chi connectivity index (χ2n) is 5.12. The Morgan fingerprint density at radius 2 is 1.68 bits per heavy atom. The van der Waals surface area contributed by atoms with E-state index < -0.39 is 0 Å². The Kier molecular flexibility index (Phi) is 5.17. The lowest BCUT2D eigenvalue weighted by molar-refractivity contribution is -0.121. The van der Waals surface area contributed by atoms with Crippen LogP contribution in [-0.4, -0.2) is 11.8 Å². The Labute approximate surface area is 134 Å². The lowest BCUT2D eigenvalue weighted by Crippen LogP contribution is -2.42. The topological polar surface area (TPSA) is 58.2 Å². The Morgan fingerprint density at radius 3 is 2.32 bits per heavy atom. The quantitative estimate of drug-likeness (QED) is 0.855. The minimum Gasteiger partial charge on any atom is -0.273 e. The van der Waals surface area contributed by atoms with E-state index in [1.54, 1.807) is 30.3 Å². The van der Waals surface area contributed by atoms with E-state index in [1.807, 2.05) is 26.0 Å². The van der Waals surface area contributed by atoms with Gasteiger partial charge in [0.2, 0.25) is 5.91 Å². The SMILES string of the molecule is Cc1ccc(C(=O)NNC(=O)Cc2ccc(Cl)cc2)c(C)c1. The molecule has 0 saturated carbocycles. The first-order valence-corrected chi connectivity index (χ1v) is 7.24. The summed E-state index contributed by atoms with van der Waals surface area (Å²) >= 11 is 5.79. The lowest BCUT2D eigenvalue weighted by Gasteiger charge is -2.10. The van der Waals surface area contributed by atoms with Crippen molar-refractivity contribution in [2.24, 2.45) is 0 Å². The van der Waals surface area contributed by atoms with E-state index in [1.165, 1.54) is 0 Å². The minimum absolute atomic E-state index is 0.171. The summed E-state index contributed by atoms with van der Waals surface area (Å²) < 4.78 is 0. The van der Waals surface area contributed by atoms with Crippen molar-refractivity contribution in [1.29, 1.82) is 0 Å². The van der Waals surface area contributed by atoms with E-state index in [0.29, 0.717) is 10.6 Å². The van der Waals surface area contributed by atoms with Crippen LogP contribution in [0.25, 0.3) is 0 Å². The Balaban J connectivity index is 1.90. The number of carbonyl (C=O) groups is 2. The number of rotatable bonds is 3. The van der Waals surface area contributed by atoms with Crippen molar-refractivity contribution in [2.45, 2.75) is 20.3 Å². The number of hydrazine groups is 1. The van der Waals surface area contributed by atoms with Crippen LogP contribution in [-0.2, 0) is 11.2 Å². The number of nitrogens with one attached hydrogen (secondary N) is 2. The first-order chi connectivity index (χ1) is 10.5. The normalized spacial score (nSPS) is 10.1. The summed E-state index contributed by atoms with van der Waals surface area (Å²) in [5.41, 5.74) is 8.15. The summed E-state index contributed by atoms with van der Waals surface area (Å²) in [6.45, 7) is 3.82. The molecule has 2 aromatic rings. The molecule has 0 fully saturated rings. The van der Waals surface area contributed by atoms with Gasteiger partial charge in [-0.2, -0.15) is 0 Å². The molecule has 0 aliphatic heterocycles. The van der Waals surface area contributed by atoms with Gasteiger partial charge < -0.3 is 0 Å². The minimum atomic E-state index is -0.332. The maximum Gasteiger partial charge on any atom is 0.269 e. The van der Waals surface area contributed by atoms with Crippen LogP contribution in [0.1, 0.15) is 27.0 Å². The first-order valence-electron chi connectivity index (χ1n) is 6.86. The van der Waals surface area contributed by atoms with Gasteiger partial charge in [-0.05, 0) is 43.2 Å². The highest BCUT2D eigenvalue weighted by Gasteiger charge is 2.10. The van der Waals surface area contributed by atoms with Crippen LogP contribution in [0.5, 0.6) is 0 Å². The van der Waals surface area contributed by atoms with Crippen LogP contribution >= 0.6 is 11.6 Å². The van der Waals surface area contributed by atoms with Crippen molar-refractivity contribution < 1.29 is 9.59 Å². The van der Waals surface area contributed by atoms with Crippen molar-refractivity contribution in [3.63, 3.8) is 0 Å². The molecule has 114 valence electrons. The predicted molar refractivity (Wildman–Crippen MR) is 86.7 cm³/mol. The molecule has 0 spiro atoms. The standard InChI is InChI=1S/C17H17ClN2O2/c1-11-3-8-15(12(2)9-11)17(22)20-19-16(21)10-13-4-6-14(18)7-5-13/h3-9H,10H2,1-2H3,(H,19,21)(H,20,22). The van der Waals surface area contributed by atoms with Gasteiger partial charge in [-0.3, -0.25) is 20.4 Å². The first kappa shape index (κ1) is 16.0. The summed E-state index contributed by atoms with van der Waals surface area (Å²) in [7, 11) is 0. The molecule has 0 aromatic heterocycles. The number of halogens is 1. The van der Waals surface area contributed by atoms with Crippen molar-refractivity contribution in [3.05, 3.63) is 69.7 Å². The molecule has 22 heavy (non-hydrogen) atoms. The van der Waals surface area contributed by atoms with Crippen LogP contribution in [0, 0.1) is 13.8 Å². The molecule has 0 heterocycles. The fraction of sp³-hybridized carbons (Fsp3) is 0.176. The van der Waals surface area contributed by atoms with Gasteiger partial charge in [-0.25, -0.2) is 0 Å². The molecular weight excluding hydrogens is 300 g/mol. The summed E-state index contributed by atoms with van der Waals surface area (Å²) in [6, 6.07) is 12.5. The Morgan fingerprint density at radius 1 is 1.00 bits per heavy atom. The Hall–Kier alpha value is -2.33. The van der Waals surface area contributed by atoms with Gasteiger partial charge in [0, 0.05) is 10.6 Å². The molecule has 0 unspecified atom stereocenters. The molecule has 0 saturated heterocycles.